The van der Waals surface area contributed by atoms with Crippen molar-refractivity contribution >= 4 is 17.4 Å². The summed E-state index contributed by atoms with van der Waals surface area (Å²) in [6.45, 7) is 1.90. The van der Waals surface area contributed by atoms with Gasteiger partial charge in [-0.15, -0.1) is 5.10 Å². The Hall–Kier alpha value is -1.01. The molecule has 1 aliphatic heterocycles. The van der Waals surface area contributed by atoms with Crippen LogP contribution in [0.25, 0.3) is 0 Å². The van der Waals surface area contributed by atoms with Crippen LogP contribution < -0.4 is 5.32 Å². The molecule has 0 aromatic carbocycles. The second kappa shape index (κ2) is 4.70. The van der Waals surface area contributed by atoms with E-state index in [9.17, 15) is 4.79 Å². The molecule has 92 valence electrons. The fourth-order valence-electron chi connectivity index (χ4n) is 2.34. The topological polar surface area (TPSA) is 58.1 Å². The Morgan fingerprint density at radius 3 is 3.00 bits per heavy atom. The first-order chi connectivity index (χ1) is 8.34. The monoisotopic (exact) mass is 252 g/mol. The number of nitrogens with zero attached hydrogens (tertiary/aromatic N) is 3. The van der Waals surface area contributed by atoms with Crippen molar-refractivity contribution < 1.29 is 4.79 Å². The Morgan fingerprint density at radius 2 is 2.41 bits per heavy atom. The SMILES string of the molecule is O=C(c1csnn1)N(CC1CCCN1)C1CC1. The van der Waals surface area contributed by atoms with Gasteiger partial charge in [-0.05, 0) is 43.8 Å². The van der Waals surface area contributed by atoms with Gasteiger partial charge in [-0.1, -0.05) is 4.49 Å². The lowest BCUT2D eigenvalue weighted by Crippen LogP contribution is -2.42. The van der Waals surface area contributed by atoms with Crippen LogP contribution >= 0.6 is 11.5 Å². The van der Waals surface area contributed by atoms with Gasteiger partial charge in [0, 0.05) is 24.0 Å². The van der Waals surface area contributed by atoms with Crippen LogP contribution in [0.4, 0.5) is 0 Å². The molecule has 2 heterocycles. The molecule has 1 saturated heterocycles. The van der Waals surface area contributed by atoms with Gasteiger partial charge in [0.1, 0.15) is 0 Å². The highest BCUT2D eigenvalue weighted by Crippen LogP contribution is 2.29. The first-order valence-corrected chi connectivity index (χ1v) is 6.99. The smallest absolute Gasteiger partial charge is 0.275 e. The molecule has 0 spiro atoms. The number of rotatable bonds is 4. The molecule has 1 aromatic heterocycles. The largest absolute Gasteiger partial charge is 0.333 e. The molecule has 0 bridgehead atoms. The van der Waals surface area contributed by atoms with Gasteiger partial charge in [-0.3, -0.25) is 4.79 Å². The molecule has 2 aliphatic rings. The van der Waals surface area contributed by atoms with E-state index < -0.39 is 0 Å². The maximum Gasteiger partial charge on any atom is 0.275 e. The Bertz CT molecular complexity index is 384. The number of hydrogen-bond donors (Lipinski definition) is 1. The highest BCUT2D eigenvalue weighted by molar-refractivity contribution is 7.03. The van der Waals surface area contributed by atoms with E-state index >= 15 is 0 Å². The van der Waals surface area contributed by atoms with Gasteiger partial charge in [-0.25, -0.2) is 0 Å². The molecule has 1 aromatic rings. The summed E-state index contributed by atoms with van der Waals surface area (Å²) in [7, 11) is 0. The van der Waals surface area contributed by atoms with Gasteiger partial charge in [0.05, 0.1) is 0 Å². The van der Waals surface area contributed by atoms with Crippen LogP contribution in [-0.2, 0) is 0 Å². The highest BCUT2D eigenvalue weighted by atomic mass is 32.1. The summed E-state index contributed by atoms with van der Waals surface area (Å²) in [5.74, 6) is 0.0509. The summed E-state index contributed by atoms with van der Waals surface area (Å²) in [6, 6.07) is 0.901. The third-order valence-electron chi connectivity index (χ3n) is 3.41. The maximum atomic E-state index is 12.3. The minimum atomic E-state index is 0.0509. The highest BCUT2D eigenvalue weighted by Gasteiger charge is 2.35. The molecular weight excluding hydrogens is 236 g/mol. The molecule has 2 fully saturated rings. The minimum absolute atomic E-state index is 0.0509. The third-order valence-corrected chi connectivity index (χ3v) is 3.91. The van der Waals surface area contributed by atoms with Crippen molar-refractivity contribution in [1.29, 1.82) is 0 Å². The second-order valence-electron chi connectivity index (χ2n) is 4.77. The molecule has 17 heavy (non-hydrogen) atoms. The quantitative estimate of drug-likeness (QED) is 0.865. The molecule has 1 N–H and O–H groups in total. The van der Waals surface area contributed by atoms with Crippen LogP contribution in [0, 0.1) is 0 Å². The van der Waals surface area contributed by atoms with E-state index in [2.05, 4.69) is 14.9 Å². The Balaban J connectivity index is 1.69. The van der Waals surface area contributed by atoms with Crippen molar-refractivity contribution in [1.82, 2.24) is 19.8 Å². The lowest BCUT2D eigenvalue weighted by Gasteiger charge is -2.24. The maximum absolute atomic E-state index is 12.3. The molecule has 6 heteroatoms. The van der Waals surface area contributed by atoms with Crippen LogP contribution in [-0.4, -0.2) is 45.6 Å². The van der Waals surface area contributed by atoms with E-state index in [1.807, 2.05) is 4.90 Å². The molecule has 1 atom stereocenters. The summed E-state index contributed by atoms with van der Waals surface area (Å²) in [4.78, 5) is 14.3. The molecule has 3 rings (SSSR count). The van der Waals surface area contributed by atoms with E-state index in [-0.39, 0.29) is 5.91 Å². The Labute approximate surface area is 104 Å². The summed E-state index contributed by atoms with van der Waals surface area (Å²) in [5, 5.41) is 9.06. The van der Waals surface area contributed by atoms with Gasteiger partial charge < -0.3 is 10.2 Å². The summed E-state index contributed by atoms with van der Waals surface area (Å²) < 4.78 is 3.77. The van der Waals surface area contributed by atoms with Crippen LogP contribution in [0.3, 0.4) is 0 Å². The third kappa shape index (κ3) is 2.47. The molecule has 1 aliphatic carbocycles. The van der Waals surface area contributed by atoms with Crippen molar-refractivity contribution in [3.05, 3.63) is 11.1 Å². The second-order valence-corrected chi connectivity index (χ2v) is 5.38. The number of carbonyl (C=O) groups is 1. The summed E-state index contributed by atoms with van der Waals surface area (Å²) in [6.07, 6.45) is 4.66. The minimum Gasteiger partial charge on any atom is -0.333 e. The number of hydrogen-bond acceptors (Lipinski definition) is 5. The lowest BCUT2D eigenvalue weighted by molar-refractivity contribution is 0.0722. The average Bonchev–Trinajstić information content (AvgIpc) is 2.86. The fourth-order valence-corrected chi connectivity index (χ4v) is 2.77. The number of aromatic nitrogens is 2. The standard InChI is InChI=1S/C11H16N4OS/c16-11(10-7-17-14-13-10)15(9-3-4-9)6-8-2-1-5-12-8/h7-9,12H,1-6H2. The fraction of sp³-hybridized carbons (Fsp3) is 0.727. The molecule has 1 saturated carbocycles. The normalized spacial score (nSPS) is 23.9. The van der Waals surface area contributed by atoms with Crippen molar-refractivity contribution in [2.24, 2.45) is 0 Å². The number of carbonyl (C=O) groups excluding carboxylic acids is 1. The van der Waals surface area contributed by atoms with Crippen molar-refractivity contribution in [3.8, 4) is 0 Å². The Morgan fingerprint density at radius 1 is 1.53 bits per heavy atom. The van der Waals surface area contributed by atoms with Crippen LogP contribution in [0.15, 0.2) is 5.38 Å². The van der Waals surface area contributed by atoms with Crippen molar-refractivity contribution in [2.45, 2.75) is 37.8 Å². The van der Waals surface area contributed by atoms with Crippen LogP contribution in [0.1, 0.15) is 36.2 Å². The van der Waals surface area contributed by atoms with Gasteiger partial charge >= 0.3 is 0 Å². The molecule has 5 nitrogen and oxygen atoms in total. The average molecular weight is 252 g/mol. The Kier molecular flexibility index (Phi) is 3.07. The molecule has 1 amide bonds. The zero-order chi connectivity index (χ0) is 11.7. The zero-order valence-corrected chi connectivity index (χ0v) is 10.4. The van der Waals surface area contributed by atoms with Crippen molar-refractivity contribution in [2.75, 3.05) is 13.1 Å². The molecule has 0 radical (unpaired) electrons. The number of nitrogens with one attached hydrogen (secondary N) is 1. The first-order valence-electron chi connectivity index (χ1n) is 6.16. The molecule has 1 unspecified atom stereocenters. The molecular formula is C11H16N4OS. The zero-order valence-electron chi connectivity index (χ0n) is 9.63. The van der Waals surface area contributed by atoms with Crippen LogP contribution in [0.2, 0.25) is 0 Å². The van der Waals surface area contributed by atoms with E-state index in [1.165, 1.54) is 24.4 Å². The van der Waals surface area contributed by atoms with Gasteiger partial charge in [0.25, 0.3) is 5.91 Å². The first kappa shape index (κ1) is 11.1. The van der Waals surface area contributed by atoms with E-state index in [0.29, 0.717) is 17.8 Å². The van der Waals surface area contributed by atoms with E-state index in [0.717, 1.165) is 25.9 Å². The van der Waals surface area contributed by atoms with Crippen molar-refractivity contribution in [3.63, 3.8) is 0 Å². The van der Waals surface area contributed by atoms with Gasteiger partial charge in [0.2, 0.25) is 0 Å². The predicted molar refractivity (Wildman–Crippen MR) is 65.0 cm³/mol. The van der Waals surface area contributed by atoms with Gasteiger partial charge in [-0.2, -0.15) is 0 Å². The summed E-state index contributed by atoms with van der Waals surface area (Å²) in [5.41, 5.74) is 0.500. The lowest BCUT2D eigenvalue weighted by atomic mass is 10.2. The predicted octanol–water partition coefficient (Wildman–Crippen LogP) is 0.895. The van der Waals surface area contributed by atoms with Crippen LogP contribution in [0.5, 0.6) is 0 Å². The number of amides is 1. The summed E-state index contributed by atoms with van der Waals surface area (Å²) >= 11 is 1.24. The van der Waals surface area contributed by atoms with E-state index in [4.69, 9.17) is 0 Å². The van der Waals surface area contributed by atoms with E-state index in [1.54, 1.807) is 5.38 Å². The van der Waals surface area contributed by atoms with Gasteiger partial charge in [0.15, 0.2) is 5.69 Å².